The van der Waals surface area contributed by atoms with Crippen LogP contribution in [0.15, 0.2) is 35.0 Å². The van der Waals surface area contributed by atoms with Crippen molar-refractivity contribution < 1.29 is 23.9 Å². The molecule has 36 heavy (non-hydrogen) atoms. The number of amides is 2. The predicted molar refractivity (Wildman–Crippen MR) is 139 cm³/mol. The molecule has 1 aromatic heterocycles. The third-order valence-electron chi connectivity index (χ3n) is 7.65. The van der Waals surface area contributed by atoms with Crippen molar-refractivity contribution in [3.8, 4) is 0 Å². The number of aliphatic hydroxyl groups is 1. The Labute approximate surface area is 215 Å². The Morgan fingerprint density at radius 2 is 1.83 bits per heavy atom. The van der Waals surface area contributed by atoms with E-state index in [0.717, 1.165) is 64.2 Å². The zero-order valence-electron chi connectivity index (χ0n) is 21.9. The van der Waals surface area contributed by atoms with Crippen LogP contribution in [0.1, 0.15) is 94.5 Å². The van der Waals surface area contributed by atoms with Gasteiger partial charge in [-0.15, -0.1) is 0 Å². The number of hydrogen-bond acceptors (Lipinski definition) is 5. The Morgan fingerprint density at radius 1 is 1.08 bits per heavy atom. The van der Waals surface area contributed by atoms with Crippen LogP contribution in [0.5, 0.6) is 0 Å². The number of furan rings is 1. The quantitative estimate of drug-likeness (QED) is 0.287. The van der Waals surface area contributed by atoms with Crippen molar-refractivity contribution in [2.24, 2.45) is 11.8 Å². The van der Waals surface area contributed by atoms with Gasteiger partial charge in [0.2, 0.25) is 5.91 Å². The molecule has 3 rings (SSSR count). The van der Waals surface area contributed by atoms with E-state index in [4.69, 9.17) is 4.42 Å². The fourth-order valence-electron chi connectivity index (χ4n) is 5.38. The zero-order valence-corrected chi connectivity index (χ0v) is 21.9. The molecule has 7 heteroatoms. The number of unbranched alkanes of at least 4 members (excludes halogenated alkanes) is 5. The minimum absolute atomic E-state index is 0.0888. The van der Waals surface area contributed by atoms with Gasteiger partial charge in [-0.05, 0) is 43.7 Å². The van der Waals surface area contributed by atoms with Crippen LogP contribution in [0.3, 0.4) is 0 Å². The molecular weight excluding hydrogens is 456 g/mol. The first-order valence-corrected chi connectivity index (χ1v) is 14.0. The van der Waals surface area contributed by atoms with Crippen molar-refractivity contribution in [3.63, 3.8) is 0 Å². The molecule has 0 spiro atoms. The smallest absolute Gasteiger partial charge is 0.289 e. The molecule has 0 unspecified atom stereocenters. The van der Waals surface area contributed by atoms with Crippen molar-refractivity contribution >= 4 is 17.6 Å². The summed E-state index contributed by atoms with van der Waals surface area (Å²) >= 11 is 0. The van der Waals surface area contributed by atoms with Gasteiger partial charge >= 0.3 is 0 Å². The summed E-state index contributed by atoms with van der Waals surface area (Å²) in [6.07, 6.45) is 16.1. The first kappa shape index (κ1) is 28.2. The number of ketones is 1. The fraction of sp³-hybridized carbons (Fsp3) is 0.690. The molecule has 0 bridgehead atoms. The monoisotopic (exact) mass is 500 g/mol. The molecule has 1 saturated carbocycles. The van der Waals surface area contributed by atoms with Crippen LogP contribution in [0, 0.1) is 11.8 Å². The fourth-order valence-corrected chi connectivity index (χ4v) is 5.38. The van der Waals surface area contributed by atoms with E-state index in [2.05, 4.69) is 13.0 Å². The number of carbonyl (C=O) groups excluding carboxylic acids is 3. The lowest BCUT2D eigenvalue weighted by atomic mass is 9.89. The van der Waals surface area contributed by atoms with E-state index in [9.17, 15) is 19.5 Å². The molecule has 2 aliphatic rings. The second-order valence-electron chi connectivity index (χ2n) is 10.3. The van der Waals surface area contributed by atoms with E-state index in [1.807, 2.05) is 11.0 Å². The number of hydrogen-bond donors (Lipinski definition) is 1. The third kappa shape index (κ3) is 8.61. The van der Waals surface area contributed by atoms with Crippen LogP contribution >= 0.6 is 0 Å². The molecule has 2 amide bonds. The second-order valence-corrected chi connectivity index (χ2v) is 10.3. The molecule has 0 aromatic carbocycles. The molecule has 3 atom stereocenters. The maximum absolute atomic E-state index is 12.6. The summed E-state index contributed by atoms with van der Waals surface area (Å²) in [6, 6.07) is 3.37. The molecular formula is C29H44N2O5. The van der Waals surface area contributed by atoms with Crippen molar-refractivity contribution in [1.29, 1.82) is 0 Å². The lowest BCUT2D eigenvalue weighted by Gasteiger charge is -2.34. The Balaban J connectivity index is 1.27. The number of carbonyl (C=O) groups is 3. The Bertz CT molecular complexity index is 842. The number of allylic oxidation sites excluding steroid dienone is 1. The number of rotatable bonds is 14. The summed E-state index contributed by atoms with van der Waals surface area (Å²) in [4.78, 5) is 40.9. The summed E-state index contributed by atoms with van der Waals surface area (Å²) in [7, 11) is 0. The third-order valence-corrected chi connectivity index (χ3v) is 7.65. The standard InChI is InChI=1S/C29H44N2O5/c1-2-3-6-10-24(32)16-14-23-15-17-26(33)25(23)11-7-4-5-8-13-28(34)30-18-20-31(21-19-30)29(35)27-12-9-22-36-27/h9,12,14,16,22-25,32H,2-8,10-11,13,15,17-21H2,1H3/b16-14+/t23-,24+,25+/m0/s1. The Morgan fingerprint density at radius 3 is 2.56 bits per heavy atom. The summed E-state index contributed by atoms with van der Waals surface area (Å²) in [5, 5.41) is 10.2. The highest BCUT2D eigenvalue weighted by Gasteiger charge is 2.32. The van der Waals surface area contributed by atoms with Gasteiger partial charge in [-0.1, -0.05) is 57.6 Å². The van der Waals surface area contributed by atoms with Crippen LogP contribution < -0.4 is 0 Å². The second kappa shape index (κ2) is 15.0. The summed E-state index contributed by atoms with van der Waals surface area (Å²) in [6.45, 7) is 4.36. The van der Waals surface area contributed by atoms with Gasteiger partial charge in [0.1, 0.15) is 5.78 Å². The van der Waals surface area contributed by atoms with Crippen LogP contribution in [-0.2, 0) is 9.59 Å². The molecule has 1 aliphatic carbocycles. The molecule has 1 aromatic rings. The molecule has 200 valence electrons. The molecule has 2 fully saturated rings. The number of Topliss-reactive ketones (excluding diaryl/α,β-unsaturated/α-hetero) is 1. The molecule has 1 saturated heterocycles. The first-order valence-electron chi connectivity index (χ1n) is 14.0. The largest absolute Gasteiger partial charge is 0.459 e. The Hall–Kier alpha value is -2.41. The number of aliphatic hydroxyl groups excluding tert-OH is 1. The molecule has 7 nitrogen and oxygen atoms in total. The molecule has 1 N–H and O–H groups in total. The summed E-state index contributed by atoms with van der Waals surface area (Å²) < 4.78 is 5.19. The van der Waals surface area contributed by atoms with Gasteiger partial charge in [-0.3, -0.25) is 14.4 Å². The predicted octanol–water partition coefficient (Wildman–Crippen LogP) is 5.00. The number of piperazine rings is 1. The van der Waals surface area contributed by atoms with Crippen molar-refractivity contribution in [2.45, 2.75) is 90.1 Å². The molecule has 0 radical (unpaired) electrons. The van der Waals surface area contributed by atoms with Gasteiger partial charge in [0, 0.05) is 44.9 Å². The van der Waals surface area contributed by atoms with Crippen molar-refractivity contribution in [2.75, 3.05) is 26.2 Å². The van der Waals surface area contributed by atoms with E-state index in [-0.39, 0.29) is 23.7 Å². The van der Waals surface area contributed by atoms with Crippen molar-refractivity contribution in [3.05, 3.63) is 36.3 Å². The summed E-state index contributed by atoms with van der Waals surface area (Å²) in [5.41, 5.74) is 0. The van der Waals surface area contributed by atoms with Crippen LogP contribution in [-0.4, -0.2) is 64.8 Å². The first-order chi connectivity index (χ1) is 17.5. The molecule has 2 heterocycles. The highest BCUT2D eigenvalue weighted by Crippen LogP contribution is 2.34. The lowest BCUT2D eigenvalue weighted by molar-refractivity contribution is -0.132. The van der Waals surface area contributed by atoms with Crippen molar-refractivity contribution in [1.82, 2.24) is 9.80 Å². The topological polar surface area (TPSA) is 91.1 Å². The average molecular weight is 501 g/mol. The van der Waals surface area contributed by atoms with E-state index >= 15 is 0 Å². The summed E-state index contributed by atoms with van der Waals surface area (Å²) in [5.74, 6) is 1.10. The van der Waals surface area contributed by atoms with E-state index in [1.54, 1.807) is 17.0 Å². The zero-order chi connectivity index (χ0) is 25.8. The SMILES string of the molecule is CCCCC[C@@H](O)/C=C/[C@H]1CCC(=O)[C@@H]1CCCCCCC(=O)N1CCN(C(=O)c2ccco2)CC1. The van der Waals surface area contributed by atoms with E-state index in [0.29, 0.717) is 50.6 Å². The molecule has 1 aliphatic heterocycles. The maximum atomic E-state index is 12.6. The van der Waals surface area contributed by atoms with E-state index in [1.165, 1.54) is 6.26 Å². The van der Waals surface area contributed by atoms with Crippen LogP contribution in [0.25, 0.3) is 0 Å². The maximum Gasteiger partial charge on any atom is 0.289 e. The van der Waals surface area contributed by atoms with Gasteiger partial charge in [0.15, 0.2) is 5.76 Å². The van der Waals surface area contributed by atoms with Crippen LogP contribution in [0.2, 0.25) is 0 Å². The highest BCUT2D eigenvalue weighted by atomic mass is 16.3. The van der Waals surface area contributed by atoms with Crippen LogP contribution in [0.4, 0.5) is 0 Å². The van der Waals surface area contributed by atoms with Gasteiger partial charge in [0.05, 0.1) is 12.4 Å². The highest BCUT2D eigenvalue weighted by molar-refractivity contribution is 5.91. The Kier molecular flexibility index (Phi) is 11.7. The van der Waals surface area contributed by atoms with E-state index < -0.39 is 6.10 Å². The number of nitrogens with zero attached hydrogens (tertiary/aromatic N) is 2. The lowest BCUT2D eigenvalue weighted by Crippen LogP contribution is -2.50. The van der Waals surface area contributed by atoms with Gasteiger partial charge in [-0.25, -0.2) is 0 Å². The van der Waals surface area contributed by atoms with Gasteiger partial charge in [0.25, 0.3) is 5.91 Å². The average Bonchev–Trinajstić information content (AvgIpc) is 3.55. The van der Waals surface area contributed by atoms with Gasteiger partial charge in [-0.2, -0.15) is 0 Å². The van der Waals surface area contributed by atoms with Gasteiger partial charge < -0.3 is 19.3 Å². The minimum atomic E-state index is -0.398. The normalized spacial score (nSPS) is 21.4. The minimum Gasteiger partial charge on any atom is -0.459 e.